The third kappa shape index (κ3) is 5.37. The predicted octanol–water partition coefficient (Wildman–Crippen LogP) is 0.897. The van der Waals surface area contributed by atoms with Gasteiger partial charge in [-0.15, -0.1) is 0 Å². The zero-order chi connectivity index (χ0) is 14.3. The molecule has 0 unspecified atom stereocenters. The highest BCUT2D eigenvalue weighted by molar-refractivity contribution is 7.88. The van der Waals surface area contributed by atoms with Gasteiger partial charge < -0.3 is 5.11 Å². The fraction of sp³-hybridized carbons (Fsp3) is 0.417. The van der Waals surface area contributed by atoms with E-state index in [1.165, 1.54) is 6.92 Å². The van der Waals surface area contributed by atoms with E-state index in [2.05, 4.69) is 0 Å². The minimum atomic E-state index is -3.68. The maximum absolute atomic E-state index is 11.6. The zero-order valence-electron chi connectivity index (χ0n) is 10.7. The minimum absolute atomic E-state index is 0.108. The van der Waals surface area contributed by atoms with E-state index in [1.807, 2.05) is 30.3 Å². The molecule has 0 aliphatic heterocycles. The van der Waals surface area contributed by atoms with Crippen LogP contribution >= 0.6 is 0 Å². The van der Waals surface area contributed by atoms with E-state index in [1.54, 1.807) is 0 Å². The molecule has 1 aromatic carbocycles. The molecule has 0 aliphatic carbocycles. The summed E-state index contributed by atoms with van der Waals surface area (Å²) in [6, 6.07) is 9.39. The average Bonchev–Trinajstić information content (AvgIpc) is 2.38. The Morgan fingerprint density at radius 2 is 1.95 bits per heavy atom. The number of carboxylic acids is 1. The van der Waals surface area contributed by atoms with Gasteiger partial charge in [0.1, 0.15) is 6.54 Å². The molecule has 0 bridgehead atoms. The highest BCUT2D eigenvalue weighted by atomic mass is 32.2. The van der Waals surface area contributed by atoms with Crippen molar-refractivity contribution in [1.82, 2.24) is 4.47 Å². The molecule has 0 aliphatic rings. The van der Waals surface area contributed by atoms with Crippen molar-refractivity contribution in [3.05, 3.63) is 35.9 Å². The first-order valence-electron chi connectivity index (χ1n) is 5.84. The molecule has 0 spiro atoms. The molecule has 0 atom stereocenters. The molecular weight excluding hydrogens is 270 g/mol. The number of benzene rings is 1. The maximum atomic E-state index is 11.6. The van der Waals surface area contributed by atoms with Crippen molar-refractivity contribution in [1.29, 1.82) is 0 Å². The van der Waals surface area contributed by atoms with Crippen molar-refractivity contribution in [2.24, 2.45) is 0 Å². The lowest BCUT2D eigenvalue weighted by Gasteiger charge is -2.18. The molecule has 1 aromatic rings. The van der Waals surface area contributed by atoms with Crippen molar-refractivity contribution in [3.8, 4) is 0 Å². The number of hydroxylamine groups is 1. The first kappa shape index (κ1) is 15.6. The molecule has 0 saturated carbocycles. The summed E-state index contributed by atoms with van der Waals surface area (Å²) < 4.78 is 23.8. The highest BCUT2D eigenvalue weighted by Crippen LogP contribution is 2.05. The van der Waals surface area contributed by atoms with Gasteiger partial charge in [-0.25, -0.2) is 8.42 Å². The number of hydrogen-bond acceptors (Lipinski definition) is 4. The molecule has 6 nitrogen and oxygen atoms in total. The largest absolute Gasteiger partial charge is 0.480 e. The second-order valence-electron chi connectivity index (χ2n) is 3.82. The van der Waals surface area contributed by atoms with E-state index in [-0.39, 0.29) is 12.4 Å². The van der Waals surface area contributed by atoms with Gasteiger partial charge in [0.05, 0.1) is 12.4 Å². The zero-order valence-corrected chi connectivity index (χ0v) is 11.5. The van der Waals surface area contributed by atoms with Crippen LogP contribution in [0.15, 0.2) is 30.3 Å². The van der Waals surface area contributed by atoms with Crippen LogP contribution in [-0.2, 0) is 26.1 Å². The van der Waals surface area contributed by atoms with E-state index < -0.39 is 22.5 Å². The molecule has 1 rings (SSSR count). The van der Waals surface area contributed by atoms with Crippen LogP contribution in [0.2, 0.25) is 0 Å². The molecule has 7 heteroatoms. The average molecular weight is 287 g/mol. The number of hydrogen-bond donors (Lipinski definition) is 1. The number of aliphatic carboxylic acids is 1. The van der Waals surface area contributed by atoms with Crippen LogP contribution in [0.4, 0.5) is 0 Å². The fourth-order valence-corrected chi connectivity index (χ4v) is 2.22. The number of carbonyl (C=O) groups is 1. The van der Waals surface area contributed by atoms with Gasteiger partial charge in [-0.1, -0.05) is 34.8 Å². The SMILES string of the molecule is CCS(=O)(=O)N(CC(=O)O)OCCc1ccccc1. The molecule has 0 fully saturated rings. The Morgan fingerprint density at radius 3 is 2.47 bits per heavy atom. The lowest BCUT2D eigenvalue weighted by atomic mass is 10.2. The van der Waals surface area contributed by atoms with E-state index in [4.69, 9.17) is 9.94 Å². The van der Waals surface area contributed by atoms with E-state index in [0.717, 1.165) is 5.56 Å². The van der Waals surface area contributed by atoms with Crippen LogP contribution in [0.5, 0.6) is 0 Å². The highest BCUT2D eigenvalue weighted by Gasteiger charge is 2.23. The summed E-state index contributed by atoms with van der Waals surface area (Å²) in [5.41, 5.74) is 0.992. The van der Waals surface area contributed by atoms with Crippen LogP contribution < -0.4 is 0 Å². The van der Waals surface area contributed by atoms with Gasteiger partial charge in [0.15, 0.2) is 0 Å². The summed E-state index contributed by atoms with van der Waals surface area (Å²) in [5.74, 6) is -1.46. The smallest absolute Gasteiger partial charge is 0.321 e. The second kappa shape index (κ2) is 7.22. The molecule has 19 heavy (non-hydrogen) atoms. The topological polar surface area (TPSA) is 83.9 Å². The third-order valence-electron chi connectivity index (χ3n) is 2.41. The molecule has 0 saturated heterocycles. The first-order valence-corrected chi connectivity index (χ1v) is 7.45. The summed E-state index contributed by atoms with van der Waals surface area (Å²) in [5, 5.41) is 8.67. The van der Waals surface area contributed by atoms with E-state index in [9.17, 15) is 13.2 Å². The molecule has 106 valence electrons. The predicted molar refractivity (Wildman–Crippen MR) is 69.9 cm³/mol. The first-order chi connectivity index (χ1) is 8.95. The Hall–Kier alpha value is -1.44. The van der Waals surface area contributed by atoms with Crippen LogP contribution in [-0.4, -0.2) is 42.9 Å². The summed E-state index contributed by atoms with van der Waals surface area (Å²) in [7, 11) is -3.68. The normalized spacial score (nSPS) is 11.7. The Kier molecular flexibility index (Phi) is 5.94. The van der Waals surface area contributed by atoms with Gasteiger partial charge in [-0.3, -0.25) is 9.63 Å². The molecular formula is C12H17NO5S. The number of nitrogens with zero attached hydrogens (tertiary/aromatic N) is 1. The van der Waals surface area contributed by atoms with Crippen molar-refractivity contribution >= 4 is 16.0 Å². The van der Waals surface area contributed by atoms with Crippen molar-refractivity contribution in [3.63, 3.8) is 0 Å². The number of rotatable bonds is 8. The van der Waals surface area contributed by atoms with Crippen molar-refractivity contribution < 1.29 is 23.2 Å². The standard InChI is InChI=1S/C12H17NO5S/c1-2-19(16,17)13(10-12(14)15)18-9-8-11-6-4-3-5-7-11/h3-7H,2,8-10H2,1H3,(H,14,15). The van der Waals surface area contributed by atoms with E-state index in [0.29, 0.717) is 10.9 Å². The van der Waals surface area contributed by atoms with Crippen molar-refractivity contribution in [2.45, 2.75) is 13.3 Å². The van der Waals surface area contributed by atoms with Gasteiger partial charge >= 0.3 is 5.97 Å². The second-order valence-corrected chi connectivity index (χ2v) is 5.97. The molecule has 0 amide bonds. The summed E-state index contributed by atoms with van der Waals surface area (Å²) in [6.07, 6.45) is 0.510. The summed E-state index contributed by atoms with van der Waals surface area (Å²) >= 11 is 0. The lowest BCUT2D eigenvalue weighted by molar-refractivity contribution is -0.149. The Labute approximate surface area is 112 Å². The minimum Gasteiger partial charge on any atom is -0.480 e. The number of sulfonamides is 1. The molecule has 1 N–H and O–H groups in total. The third-order valence-corrected chi connectivity index (χ3v) is 3.99. The Bertz CT molecular complexity index is 500. The fourth-order valence-electron chi connectivity index (χ4n) is 1.39. The Balaban J connectivity index is 2.57. The van der Waals surface area contributed by atoms with Crippen LogP contribution in [0.25, 0.3) is 0 Å². The van der Waals surface area contributed by atoms with Crippen molar-refractivity contribution in [2.75, 3.05) is 18.9 Å². The summed E-state index contributed by atoms with van der Waals surface area (Å²) in [6.45, 7) is 0.853. The Morgan fingerprint density at radius 1 is 1.32 bits per heavy atom. The molecule has 0 heterocycles. The van der Waals surface area contributed by atoms with Crippen LogP contribution in [0.1, 0.15) is 12.5 Å². The van der Waals surface area contributed by atoms with Gasteiger partial charge in [-0.05, 0) is 18.9 Å². The maximum Gasteiger partial charge on any atom is 0.321 e. The van der Waals surface area contributed by atoms with Gasteiger partial charge in [0.25, 0.3) is 0 Å². The van der Waals surface area contributed by atoms with Crippen LogP contribution in [0.3, 0.4) is 0 Å². The molecule has 0 radical (unpaired) electrons. The van der Waals surface area contributed by atoms with Gasteiger partial charge in [-0.2, -0.15) is 0 Å². The number of carboxylic acid groups (broad SMARTS) is 1. The quantitative estimate of drug-likeness (QED) is 0.718. The monoisotopic (exact) mass is 287 g/mol. The lowest BCUT2D eigenvalue weighted by Crippen LogP contribution is -2.37. The van der Waals surface area contributed by atoms with E-state index >= 15 is 0 Å². The van der Waals surface area contributed by atoms with Gasteiger partial charge in [0, 0.05) is 0 Å². The van der Waals surface area contributed by atoms with Crippen LogP contribution in [0, 0.1) is 0 Å². The summed E-state index contributed by atoms with van der Waals surface area (Å²) in [4.78, 5) is 15.7. The molecule has 0 aromatic heterocycles. The van der Waals surface area contributed by atoms with Gasteiger partial charge in [0.2, 0.25) is 10.0 Å².